The molecule has 0 saturated heterocycles. The average molecular weight is 366 g/mol. The molecule has 0 aliphatic rings. The summed E-state index contributed by atoms with van der Waals surface area (Å²) in [7, 11) is 0. The highest BCUT2D eigenvalue weighted by atomic mass is 16.5. The molecule has 0 aliphatic carbocycles. The van der Waals surface area contributed by atoms with E-state index in [4.69, 9.17) is 4.74 Å². The van der Waals surface area contributed by atoms with Crippen molar-refractivity contribution in [2.24, 2.45) is 0 Å². The number of esters is 1. The molecule has 0 fully saturated rings. The monoisotopic (exact) mass is 366 g/mol. The normalized spacial score (nSPS) is 12.7. The minimum atomic E-state index is -0.870. The van der Waals surface area contributed by atoms with Crippen LogP contribution >= 0.6 is 0 Å². The van der Waals surface area contributed by atoms with Crippen LogP contribution in [0.2, 0.25) is 0 Å². The predicted octanol–water partition coefficient (Wildman–Crippen LogP) is 2.92. The van der Waals surface area contributed by atoms with E-state index < -0.39 is 12.2 Å². The Morgan fingerprint density at radius 2 is 1.96 bits per heavy atom. The van der Waals surface area contributed by atoms with Crippen molar-refractivity contribution in [3.8, 4) is 23.7 Å². The second-order valence-electron chi connectivity index (χ2n) is 5.83. The van der Waals surface area contributed by atoms with E-state index in [1.54, 1.807) is 31.2 Å². The van der Waals surface area contributed by atoms with Crippen molar-refractivity contribution in [1.82, 2.24) is 0 Å². The van der Waals surface area contributed by atoms with Crippen LogP contribution in [0.1, 0.15) is 37.3 Å². The maximum Gasteiger partial charge on any atom is 0.305 e. The SMILES string of the molecule is CCOC(=O)CC[C@H](O)C#C/C=C/C=C/[C@H](O)CC#Cc1ccc(C)cc1. The zero-order valence-corrected chi connectivity index (χ0v) is 15.8. The zero-order chi connectivity index (χ0) is 19.9. The third-order valence-corrected chi connectivity index (χ3v) is 3.40. The maximum atomic E-state index is 11.2. The fourth-order valence-corrected chi connectivity index (χ4v) is 1.96. The Morgan fingerprint density at radius 3 is 2.67 bits per heavy atom. The van der Waals surface area contributed by atoms with Gasteiger partial charge >= 0.3 is 5.97 Å². The van der Waals surface area contributed by atoms with Crippen LogP contribution in [0.25, 0.3) is 0 Å². The lowest BCUT2D eigenvalue weighted by Gasteiger charge is -2.02. The molecule has 142 valence electrons. The number of hydrogen-bond acceptors (Lipinski definition) is 4. The summed E-state index contributed by atoms with van der Waals surface area (Å²) >= 11 is 0. The molecule has 2 N–H and O–H groups in total. The summed E-state index contributed by atoms with van der Waals surface area (Å²) < 4.78 is 4.78. The second kappa shape index (κ2) is 13.4. The molecule has 4 heteroatoms. The van der Waals surface area contributed by atoms with Crippen LogP contribution in [0.15, 0.2) is 48.6 Å². The second-order valence-corrected chi connectivity index (χ2v) is 5.83. The van der Waals surface area contributed by atoms with E-state index in [0.717, 1.165) is 5.56 Å². The lowest BCUT2D eigenvalue weighted by atomic mass is 10.1. The largest absolute Gasteiger partial charge is 0.466 e. The number of ether oxygens (including phenoxy) is 1. The van der Waals surface area contributed by atoms with Crippen LogP contribution in [0.3, 0.4) is 0 Å². The van der Waals surface area contributed by atoms with Crippen LogP contribution in [0.4, 0.5) is 0 Å². The summed E-state index contributed by atoms with van der Waals surface area (Å²) in [6.45, 7) is 4.09. The number of allylic oxidation sites excluding steroid dienone is 3. The summed E-state index contributed by atoms with van der Waals surface area (Å²) in [5.74, 6) is 10.9. The summed E-state index contributed by atoms with van der Waals surface area (Å²) in [6.07, 6.45) is 5.74. The van der Waals surface area contributed by atoms with Gasteiger partial charge in [-0.1, -0.05) is 59.6 Å². The van der Waals surface area contributed by atoms with Gasteiger partial charge in [0.25, 0.3) is 0 Å². The Morgan fingerprint density at radius 1 is 1.22 bits per heavy atom. The molecule has 1 rings (SSSR count). The Bertz CT molecular complexity index is 752. The van der Waals surface area contributed by atoms with Gasteiger partial charge in [0.1, 0.15) is 6.10 Å². The molecule has 0 spiro atoms. The molecule has 0 bridgehead atoms. The molecule has 0 amide bonds. The van der Waals surface area contributed by atoms with Crippen LogP contribution in [-0.4, -0.2) is 35.0 Å². The molecule has 0 aromatic heterocycles. The number of aryl methyl sites for hydroxylation is 1. The lowest BCUT2D eigenvalue weighted by Crippen LogP contribution is -2.09. The fraction of sp³-hybridized carbons (Fsp3) is 0.348. The third-order valence-electron chi connectivity index (χ3n) is 3.40. The summed E-state index contributed by atoms with van der Waals surface area (Å²) in [5.41, 5.74) is 2.11. The van der Waals surface area contributed by atoms with Crippen molar-refractivity contribution in [3.05, 3.63) is 59.7 Å². The van der Waals surface area contributed by atoms with E-state index in [9.17, 15) is 15.0 Å². The molecule has 0 radical (unpaired) electrons. The predicted molar refractivity (Wildman–Crippen MR) is 107 cm³/mol. The van der Waals surface area contributed by atoms with Gasteiger partial charge in [-0.2, -0.15) is 0 Å². The van der Waals surface area contributed by atoms with E-state index in [1.807, 2.05) is 31.2 Å². The van der Waals surface area contributed by atoms with Crippen LogP contribution in [0.5, 0.6) is 0 Å². The van der Waals surface area contributed by atoms with E-state index >= 15 is 0 Å². The quantitative estimate of drug-likeness (QED) is 0.442. The van der Waals surface area contributed by atoms with Gasteiger partial charge in [-0.05, 0) is 38.5 Å². The smallest absolute Gasteiger partial charge is 0.305 e. The molecule has 0 heterocycles. The Labute approximate surface area is 161 Å². The minimum absolute atomic E-state index is 0.142. The highest BCUT2D eigenvalue weighted by molar-refractivity contribution is 5.69. The van der Waals surface area contributed by atoms with Crippen LogP contribution in [-0.2, 0) is 9.53 Å². The molecule has 1 aromatic rings. The molecule has 1 aromatic carbocycles. The first-order valence-electron chi connectivity index (χ1n) is 8.93. The van der Waals surface area contributed by atoms with Crippen molar-refractivity contribution in [1.29, 1.82) is 0 Å². The van der Waals surface area contributed by atoms with Gasteiger partial charge in [0.2, 0.25) is 0 Å². The Hall–Kier alpha value is -2.79. The van der Waals surface area contributed by atoms with E-state index in [-0.39, 0.29) is 18.8 Å². The fourth-order valence-electron chi connectivity index (χ4n) is 1.96. The van der Waals surface area contributed by atoms with Gasteiger partial charge in [0.15, 0.2) is 0 Å². The third kappa shape index (κ3) is 11.4. The van der Waals surface area contributed by atoms with Gasteiger partial charge in [-0.3, -0.25) is 4.79 Å². The van der Waals surface area contributed by atoms with E-state index in [2.05, 4.69) is 23.7 Å². The maximum absolute atomic E-state index is 11.2. The standard InChI is InChI=1S/C23H26O4/c1-3-27-23(26)18-17-22(25)11-7-5-4-6-10-21(24)12-8-9-20-15-13-19(2)14-16-20/h4-6,10,13-16,21-22,24-25H,3,12,17-18H2,1-2H3/b5-4+,10-6+/t21-,22+/m0/s1. The van der Waals surface area contributed by atoms with Gasteiger partial charge in [-0.15, -0.1) is 0 Å². The number of carbonyl (C=O) groups excluding carboxylic acids is 1. The number of rotatable bonds is 7. The first-order valence-corrected chi connectivity index (χ1v) is 8.93. The Kier molecular flexibility index (Phi) is 11.1. The van der Waals surface area contributed by atoms with Crippen molar-refractivity contribution in [2.75, 3.05) is 6.61 Å². The van der Waals surface area contributed by atoms with Gasteiger partial charge in [0.05, 0.1) is 12.7 Å². The lowest BCUT2D eigenvalue weighted by molar-refractivity contribution is -0.143. The average Bonchev–Trinajstić information content (AvgIpc) is 2.64. The first kappa shape index (κ1) is 22.3. The summed E-state index contributed by atoms with van der Waals surface area (Å²) in [5, 5.41) is 19.5. The number of benzene rings is 1. The summed E-state index contributed by atoms with van der Waals surface area (Å²) in [4.78, 5) is 11.2. The number of carbonyl (C=O) groups is 1. The minimum Gasteiger partial charge on any atom is -0.466 e. The van der Waals surface area contributed by atoms with Crippen LogP contribution in [0, 0.1) is 30.6 Å². The highest BCUT2D eigenvalue weighted by Crippen LogP contribution is 2.02. The molecule has 0 unspecified atom stereocenters. The van der Waals surface area contributed by atoms with Crippen LogP contribution < -0.4 is 0 Å². The number of aliphatic hydroxyl groups is 2. The molecule has 2 atom stereocenters. The molecular formula is C23H26O4. The molecule has 0 aliphatic heterocycles. The molecular weight excluding hydrogens is 340 g/mol. The number of hydrogen-bond donors (Lipinski definition) is 2. The molecule has 27 heavy (non-hydrogen) atoms. The van der Waals surface area contributed by atoms with Gasteiger partial charge < -0.3 is 14.9 Å². The van der Waals surface area contributed by atoms with Crippen molar-refractivity contribution in [2.45, 2.75) is 45.3 Å². The van der Waals surface area contributed by atoms with E-state index in [1.165, 1.54) is 5.56 Å². The topological polar surface area (TPSA) is 66.8 Å². The highest BCUT2D eigenvalue weighted by Gasteiger charge is 2.05. The van der Waals surface area contributed by atoms with Crippen molar-refractivity contribution in [3.63, 3.8) is 0 Å². The Balaban J connectivity index is 2.31. The van der Waals surface area contributed by atoms with Crippen molar-refractivity contribution >= 4 is 5.97 Å². The van der Waals surface area contributed by atoms with E-state index in [0.29, 0.717) is 13.0 Å². The van der Waals surface area contributed by atoms with Gasteiger partial charge in [0, 0.05) is 18.4 Å². The van der Waals surface area contributed by atoms with Gasteiger partial charge in [-0.25, -0.2) is 0 Å². The number of aliphatic hydroxyl groups excluding tert-OH is 2. The van der Waals surface area contributed by atoms with Crippen molar-refractivity contribution < 1.29 is 19.7 Å². The molecule has 0 saturated carbocycles. The zero-order valence-electron chi connectivity index (χ0n) is 15.8. The summed E-state index contributed by atoms with van der Waals surface area (Å²) in [6, 6.07) is 7.90. The first-order chi connectivity index (χ1) is 13.0. The molecule has 4 nitrogen and oxygen atoms in total.